The molecule has 2 aromatic rings. The lowest BCUT2D eigenvalue weighted by atomic mass is 10.3. The Morgan fingerprint density at radius 3 is 2.57 bits per heavy atom. The first-order chi connectivity index (χ1) is 9.90. The Morgan fingerprint density at radius 1 is 1.29 bits per heavy atom. The first-order valence-electron chi connectivity index (χ1n) is 5.79. The van der Waals surface area contributed by atoms with Gasteiger partial charge in [0, 0.05) is 20.2 Å². The van der Waals surface area contributed by atoms with Crippen LogP contribution in [0, 0.1) is 21.7 Å². The summed E-state index contributed by atoms with van der Waals surface area (Å²) in [6.45, 7) is 0. The number of nitro groups is 1. The number of hydrogen-bond donors (Lipinski definition) is 1. The molecule has 0 fully saturated rings. The molecule has 0 aliphatic carbocycles. The first-order valence-corrected chi connectivity index (χ1v) is 5.79. The van der Waals surface area contributed by atoms with Gasteiger partial charge in [0.1, 0.15) is 18.0 Å². The van der Waals surface area contributed by atoms with Gasteiger partial charge in [0.05, 0.1) is 10.6 Å². The van der Waals surface area contributed by atoms with E-state index in [0.717, 1.165) is 18.5 Å². The summed E-state index contributed by atoms with van der Waals surface area (Å²) in [4.78, 5) is 19.5. The highest BCUT2D eigenvalue weighted by molar-refractivity contribution is 5.74. The largest absolute Gasteiger partial charge is 0.357 e. The van der Waals surface area contributed by atoms with E-state index in [-0.39, 0.29) is 17.3 Å². The molecule has 0 spiro atoms. The number of nitrogens with zero attached hydrogens (tertiary/aromatic N) is 4. The molecule has 2 rings (SSSR count). The van der Waals surface area contributed by atoms with Crippen LogP contribution in [0.4, 0.5) is 31.8 Å². The van der Waals surface area contributed by atoms with Crippen LogP contribution in [-0.4, -0.2) is 29.0 Å². The van der Waals surface area contributed by atoms with Gasteiger partial charge in [0.2, 0.25) is 11.6 Å². The van der Waals surface area contributed by atoms with Crippen molar-refractivity contribution in [3.63, 3.8) is 0 Å². The van der Waals surface area contributed by atoms with Crippen LogP contribution in [0.15, 0.2) is 24.5 Å². The Hall–Kier alpha value is -2.84. The summed E-state index contributed by atoms with van der Waals surface area (Å²) in [7, 11) is 3.16. The minimum Gasteiger partial charge on any atom is -0.357 e. The highest BCUT2D eigenvalue weighted by atomic mass is 19.1. The van der Waals surface area contributed by atoms with E-state index < -0.39 is 22.2 Å². The van der Waals surface area contributed by atoms with E-state index in [2.05, 4.69) is 15.3 Å². The van der Waals surface area contributed by atoms with Crippen LogP contribution >= 0.6 is 0 Å². The topological polar surface area (TPSA) is 84.2 Å². The van der Waals surface area contributed by atoms with Crippen LogP contribution in [0.1, 0.15) is 0 Å². The quantitative estimate of drug-likeness (QED) is 0.689. The van der Waals surface area contributed by atoms with Gasteiger partial charge in [0.25, 0.3) is 0 Å². The number of anilines is 3. The Kier molecular flexibility index (Phi) is 3.92. The SMILES string of the molecule is CN(C)c1ncnc(Nc2ccc(F)cc2F)c1[N+](=O)[O-]. The molecule has 7 nitrogen and oxygen atoms in total. The highest BCUT2D eigenvalue weighted by Gasteiger charge is 2.24. The van der Waals surface area contributed by atoms with Crippen molar-refractivity contribution in [2.45, 2.75) is 0 Å². The van der Waals surface area contributed by atoms with Gasteiger partial charge in [-0.05, 0) is 12.1 Å². The van der Waals surface area contributed by atoms with E-state index >= 15 is 0 Å². The molecule has 0 bridgehead atoms. The predicted octanol–water partition coefficient (Wildman–Crippen LogP) is 2.47. The highest BCUT2D eigenvalue weighted by Crippen LogP contribution is 2.33. The average molecular weight is 295 g/mol. The Bertz CT molecular complexity index is 693. The average Bonchev–Trinajstić information content (AvgIpc) is 2.41. The molecule has 21 heavy (non-hydrogen) atoms. The van der Waals surface area contributed by atoms with E-state index in [1.807, 2.05) is 0 Å². The van der Waals surface area contributed by atoms with Crippen molar-refractivity contribution in [3.05, 3.63) is 46.3 Å². The molecular formula is C12H11F2N5O2. The monoisotopic (exact) mass is 295 g/mol. The van der Waals surface area contributed by atoms with Crippen molar-refractivity contribution in [2.75, 3.05) is 24.3 Å². The van der Waals surface area contributed by atoms with Crippen LogP contribution in [0.5, 0.6) is 0 Å². The Morgan fingerprint density at radius 2 is 2.00 bits per heavy atom. The second-order valence-electron chi connectivity index (χ2n) is 4.30. The fraction of sp³-hybridized carbons (Fsp3) is 0.167. The summed E-state index contributed by atoms with van der Waals surface area (Å²) in [6, 6.07) is 2.83. The summed E-state index contributed by atoms with van der Waals surface area (Å²) in [6.07, 6.45) is 1.12. The summed E-state index contributed by atoms with van der Waals surface area (Å²) in [5, 5.41) is 13.7. The minimum absolute atomic E-state index is 0.0695. The summed E-state index contributed by atoms with van der Waals surface area (Å²) >= 11 is 0. The van der Waals surface area contributed by atoms with Crippen molar-refractivity contribution in [3.8, 4) is 0 Å². The number of aromatic nitrogens is 2. The van der Waals surface area contributed by atoms with E-state index in [4.69, 9.17) is 0 Å². The third-order valence-corrected chi connectivity index (χ3v) is 2.59. The predicted molar refractivity (Wildman–Crippen MR) is 72.7 cm³/mol. The lowest BCUT2D eigenvalue weighted by Crippen LogP contribution is -2.14. The van der Waals surface area contributed by atoms with Crippen LogP contribution in [0.2, 0.25) is 0 Å². The zero-order chi connectivity index (χ0) is 15.6. The molecule has 0 aliphatic heterocycles. The molecule has 1 N–H and O–H groups in total. The number of halogens is 2. The molecule has 0 saturated carbocycles. The number of rotatable bonds is 4. The van der Waals surface area contributed by atoms with Crippen LogP contribution < -0.4 is 10.2 Å². The van der Waals surface area contributed by atoms with Gasteiger partial charge in [-0.2, -0.15) is 0 Å². The van der Waals surface area contributed by atoms with Gasteiger partial charge in [-0.3, -0.25) is 10.1 Å². The lowest BCUT2D eigenvalue weighted by Gasteiger charge is -2.13. The van der Waals surface area contributed by atoms with E-state index in [1.54, 1.807) is 14.1 Å². The van der Waals surface area contributed by atoms with Crippen LogP contribution in [-0.2, 0) is 0 Å². The maximum atomic E-state index is 13.6. The summed E-state index contributed by atoms with van der Waals surface area (Å²) in [5.74, 6) is -1.73. The second kappa shape index (κ2) is 5.65. The van der Waals surface area contributed by atoms with Crippen LogP contribution in [0.3, 0.4) is 0 Å². The minimum atomic E-state index is -0.880. The molecule has 0 atom stereocenters. The van der Waals surface area contributed by atoms with E-state index in [9.17, 15) is 18.9 Å². The standard InChI is InChI=1S/C12H11F2N5O2/c1-18(2)12-10(19(20)21)11(15-6-16-12)17-9-4-3-7(13)5-8(9)14/h3-6H,1-2H3,(H,15,16,17). The Labute approximate surface area is 118 Å². The smallest absolute Gasteiger partial charge is 0.353 e. The van der Waals surface area contributed by atoms with Crippen molar-refractivity contribution < 1.29 is 13.7 Å². The van der Waals surface area contributed by atoms with Gasteiger partial charge < -0.3 is 10.2 Å². The fourth-order valence-corrected chi connectivity index (χ4v) is 1.67. The zero-order valence-corrected chi connectivity index (χ0v) is 11.2. The van der Waals surface area contributed by atoms with Crippen molar-refractivity contribution in [1.82, 2.24) is 9.97 Å². The number of nitrogens with one attached hydrogen (secondary N) is 1. The van der Waals surface area contributed by atoms with Crippen molar-refractivity contribution in [1.29, 1.82) is 0 Å². The third-order valence-electron chi connectivity index (χ3n) is 2.59. The number of benzene rings is 1. The van der Waals surface area contributed by atoms with Gasteiger partial charge >= 0.3 is 5.69 Å². The molecular weight excluding hydrogens is 284 g/mol. The van der Waals surface area contributed by atoms with Crippen LogP contribution in [0.25, 0.3) is 0 Å². The lowest BCUT2D eigenvalue weighted by molar-refractivity contribution is -0.383. The second-order valence-corrected chi connectivity index (χ2v) is 4.30. The molecule has 0 unspecified atom stereocenters. The molecule has 1 aromatic heterocycles. The van der Waals surface area contributed by atoms with Crippen molar-refractivity contribution >= 4 is 23.0 Å². The van der Waals surface area contributed by atoms with Gasteiger partial charge in [-0.15, -0.1) is 0 Å². The van der Waals surface area contributed by atoms with E-state index in [0.29, 0.717) is 6.07 Å². The third kappa shape index (κ3) is 3.02. The molecule has 1 heterocycles. The molecule has 1 aromatic carbocycles. The van der Waals surface area contributed by atoms with E-state index in [1.165, 1.54) is 4.90 Å². The molecule has 0 amide bonds. The van der Waals surface area contributed by atoms with Gasteiger partial charge in [-0.1, -0.05) is 0 Å². The zero-order valence-electron chi connectivity index (χ0n) is 11.2. The molecule has 0 saturated heterocycles. The molecule has 0 radical (unpaired) electrons. The summed E-state index contributed by atoms with van der Waals surface area (Å²) < 4.78 is 26.5. The Balaban J connectivity index is 2.49. The maximum Gasteiger partial charge on any atom is 0.353 e. The van der Waals surface area contributed by atoms with Crippen molar-refractivity contribution in [2.24, 2.45) is 0 Å². The fourth-order valence-electron chi connectivity index (χ4n) is 1.67. The van der Waals surface area contributed by atoms with Gasteiger partial charge in [-0.25, -0.2) is 18.7 Å². The first kappa shape index (κ1) is 14.6. The maximum absolute atomic E-state index is 13.6. The van der Waals surface area contributed by atoms with Gasteiger partial charge in [0.15, 0.2) is 0 Å². The summed E-state index contributed by atoms with van der Waals surface area (Å²) in [5.41, 5.74) is -0.519. The molecule has 110 valence electrons. The molecule has 9 heteroatoms. The normalized spacial score (nSPS) is 10.3. The number of hydrogen-bond acceptors (Lipinski definition) is 6. The molecule has 0 aliphatic rings.